The summed E-state index contributed by atoms with van der Waals surface area (Å²) in [5.74, 6) is 1.87. The number of pyridine rings is 1. The number of carbonyl (C=O) groups is 2. The molecule has 1 aromatic carbocycles. The van der Waals surface area contributed by atoms with Crippen molar-refractivity contribution in [3.63, 3.8) is 0 Å². The second-order valence-corrected chi connectivity index (χ2v) is 11.4. The number of carboxylic acid groups (broad SMARTS) is 1. The number of aromatic nitrogens is 1. The summed E-state index contributed by atoms with van der Waals surface area (Å²) < 4.78 is 14.3. The van der Waals surface area contributed by atoms with Crippen LogP contribution in [0.15, 0.2) is 30.3 Å². The van der Waals surface area contributed by atoms with Crippen LogP contribution in [-0.2, 0) is 0 Å². The van der Waals surface area contributed by atoms with Gasteiger partial charge in [0.05, 0.1) is 11.1 Å². The summed E-state index contributed by atoms with van der Waals surface area (Å²) in [5.41, 5.74) is 1.44. The van der Waals surface area contributed by atoms with Gasteiger partial charge in [0.2, 0.25) is 0 Å². The number of nitrogens with zero attached hydrogens (tertiary/aromatic N) is 3. The highest BCUT2D eigenvalue weighted by Crippen LogP contribution is 2.30. The van der Waals surface area contributed by atoms with Gasteiger partial charge in [-0.1, -0.05) is 18.2 Å². The van der Waals surface area contributed by atoms with Gasteiger partial charge in [0.1, 0.15) is 12.0 Å². The number of amides is 2. The Morgan fingerprint density at radius 3 is 2.29 bits per heavy atom. The summed E-state index contributed by atoms with van der Waals surface area (Å²) in [6.07, 6.45) is 4.59. The molecule has 1 saturated heterocycles. The number of nitrogens with one attached hydrogen (secondary N) is 2. The molecule has 9 heteroatoms. The fourth-order valence-electron chi connectivity index (χ4n) is 5.95. The number of piperidine rings is 1. The Balaban J connectivity index is 1.35. The van der Waals surface area contributed by atoms with Crippen LogP contribution in [0.3, 0.4) is 0 Å². The number of benzene rings is 1. The highest BCUT2D eigenvalue weighted by Gasteiger charge is 2.26. The van der Waals surface area contributed by atoms with Crippen molar-refractivity contribution in [1.82, 2.24) is 20.5 Å². The standard InChI is InChI=1S/C29H42FN5O3/c1-34(2)19-23(30)15-20-11-13-35(14-12-20)27-16-25(24-5-3-4-6-26(24)33-27)28(36)31-17-21-7-9-22(10-8-21)18-32-29(37)38/h3-6,16,20-23,32H,7-15,17-19H2,1-2H3,(H,31,36)(H,37,38). The van der Waals surface area contributed by atoms with Crippen molar-refractivity contribution in [3.05, 3.63) is 35.9 Å². The second kappa shape index (κ2) is 13.2. The summed E-state index contributed by atoms with van der Waals surface area (Å²) in [7, 11) is 3.81. The van der Waals surface area contributed by atoms with E-state index in [1.807, 2.05) is 49.3 Å². The molecule has 4 rings (SSSR count). The maximum atomic E-state index is 14.3. The van der Waals surface area contributed by atoms with Crippen LogP contribution in [-0.4, -0.2) is 80.0 Å². The first-order valence-electron chi connectivity index (χ1n) is 14.0. The van der Waals surface area contributed by atoms with E-state index in [0.29, 0.717) is 49.4 Å². The van der Waals surface area contributed by atoms with Crippen LogP contribution in [0.1, 0.15) is 55.3 Å². The van der Waals surface area contributed by atoms with E-state index in [0.717, 1.165) is 68.3 Å². The zero-order valence-electron chi connectivity index (χ0n) is 22.7. The molecule has 2 fully saturated rings. The molecule has 8 nitrogen and oxygen atoms in total. The quantitative estimate of drug-likeness (QED) is 0.420. The highest BCUT2D eigenvalue weighted by molar-refractivity contribution is 6.07. The Morgan fingerprint density at radius 2 is 1.66 bits per heavy atom. The number of fused-ring (bicyclic) bond motifs is 1. The molecule has 2 heterocycles. The molecule has 1 unspecified atom stereocenters. The predicted octanol–water partition coefficient (Wildman–Crippen LogP) is 4.54. The number of hydrogen-bond acceptors (Lipinski definition) is 5. The van der Waals surface area contributed by atoms with Gasteiger partial charge in [0.15, 0.2) is 0 Å². The Morgan fingerprint density at radius 1 is 1.03 bits per heavy atom. The molecule has 1 aromatic heterocycles. The van der Waals surface area contributed by atoms with Gasteiger partial charge in [-0.25, -0.2) is 14.2 Å². The molecule has 2 aliphatic rings. The summed E-state index contributed by atoms with van der Waals surface area (Å²) in [4.78, 5) is 33.1. The summed E-state index contributed by atoms with van der Waals surface area (Å²) in [6, 6.07) is 9.68. The van der Waals surface area contributed by atoms with Gasteiger partial charge in [-0.2, -0.15) is 0 Å². The molecule has 1 atom stereocenters. The molecule has 0 spiro atoms. The minimum Gasteiger partial charge on any atom is -0.465 e. The van der Waals surface area contributed by atoms with Crippen LogP contribution in [0.5, 0.6) is 0 Å². The molecule has 1 aliphatic carbocycles. The Bertz CT molecular complexity index is 1080. The number of anilines is 1. The lowest BCUT2D eigenvalue weighted by molar-refractivity contribution is 0.0942. The van der Waals surface area contributed by atoms with Gasteiger partial charge >= 0.3 is 6.09 Å². The monoisotopic (exact) mass is 527 g/mol. The molecule has 2 aromatic rings. The minimum atomic E-state index is -0.971. The number of alkyl halides is 1. The zero-order chi connectivity index (χ0) is 27.1. The van der Waals surface area contributed by atoms with Gasteiger partial charge in [-0.05, 0) is 88.9 Å². The topological polar surface area (TPSA) is 97.8 Å². The van der Waals surface area contributed by atoms with Gasteiger partial charge in [-0.3, -0.25) is 4.79 Å². The normalized spacial score (nSPS) is 21.4. The van der Waals surface area contributed by atoms with Crippen molar-refractivity contribution in [2.75, 3.05) is 51.7 Å². The highest BCUT2D eigenvalue weighted by atomic mass is 19.1. The maximum absolute atomic E-state index is 14.3. The van der Waals surface area contributed by atoms with E-state index in [2.05, 4.69) is 15.5 Å². The van der Waals surface area contributed by atoms with Crippen molar-refractivity contribution >= 4 is 28.7 Å². The number of rotatable bonds is 10. The first-order valence-corrected chi connectivity index (χ1v) is 14.0. The van der Waals surface area contributed by atoms with Crippen LogP contribution >= 0.6 is 0 Å². The van der Waals surface area contributed by atoms with E-state index in [9.17, 15) is 14.0 Å². The molecule has 2 amide bonds. The van der Waals surface area contributed by atoms with Crippen molar-refractivity contribution < 1.29 is 19.1 Å². The van der Waals surface area contributed by atoms with Crippen LogP contribution in [0.4, 0.5) is 15.0 Å². The van der Waals surface area contributed by atoms with Crippen molar-refractivity contribution in [1.29, 1.82) is 0 Å². The van der Waals surface area contributed by atoms with E-state index < -0.39 is 12.3 Å². The van der Waals surface area contributed by atoms with E-state index in [1.165, 1.54) is 0 Å². The Labute approximate surface area is 225 Å². The SMILES string of the molecule is CN(C)CC(F)CC1CCN(c2cc(C(=O)NCC3CCC(CNC(=O)O)CC3)c3ccccc3n2)CC1. The fourth-order valence-corrected chi connectivity index (χ4v) is 5.95. The Hall–Kier alpha value is -2.94. The van der Waals surface area contributed by atoms with E-state index >= 15 is 0 Å². The lowest BCUT2D eigenvalue weighted by atomic mass is 9.82. The van der Waals surface area contributed by atoms with Crippen molar-refractivity contribution in [2.45, 2.75) is 51.1 Å². The molecule has 208 valence electrons. The van der Waals surface area contributed by atoms with Crippen LogP contribution in [0, 0.1) is 17.8 Å². The van der Waals surface area contributed by atoms with Gasteiger partial charge in [-0.15, -0.1) is 0 Å². The number of para-hydroxylation sites is 1. The molecule has 0 bridgehead atoms. The summed E-state index contributed by atoms with van der Waals surface area (Å²) in [6.45, 7) is 3.21. The minimum absolute atomic E-state index is 0.0849. The fraction of sp³-hybridized carbons (Fsp3) is 0.621. The predicted molar refractivity (Wildman–Crippen MR) is 149 cm³/mol. The van der Waals surface area contributed by atoms with Gasteiger partial charge in [0.25, 0.3) is 5.91 Å². The maximum Gasteiger partial charge on any atom is 0.404 e. The smallest absolute Gasteiger partial charge is 0.404 e. The van der Waals surface area contributed by atoms with Gasteiger partial charge < -0.3 is 25.5 Å². The average molecular weight is 528 g/mol. The molecular weight excluding hydrogens is 485 g/mol. The average Bonchev–Trinajstić information content (AvgIpc) is 2.90. The first-order chi connectivity index (χ1) is 18.3. The summed E-state index contributed by atoms with van der Waals surface area (Å²) in [5, 5.41) is 15.3. The van der Waals surface area contributed by atoms with Crippen LogP contribution in [0.2, 0.25) is 0 Å². The van der Waals surface area contributed by atoms with Crippen molar-refractivity contribution in [2.24, 2.45) is 17.8 Å². The molecule has 1 saturated carbocycles. The lowest BCUT2D eigenvalue weighted by Crippen LogP contribution is -2.36. The largest absolute Gasteiger partial charge is 0.465 e. The molecule has 1 aliphatic heterocycles. The van der Waals surface area contributed by atoms with E-state index in [-0.39, 0.29) is 5.91 Å². The summed E-state index contributed by atoms with van der Waals surface area (Å²) >= 11 is 0. The first kappa shape index (κ1) is 28.1. The molecule has 38 heavy (non-hydrogen) atoms. The number of hydrogen-bond donors (Lipinski definition) is 3. The lowest BCUT2D eigenvalue weighted by Gasteiger charge is -2.34. The third-order valence-electron chi connectivity index (χ3n) is 8.10. The molecule has 0 radical (unpaired) electrons. The Kier molecular flexibility index (Phi) is 9.77. The van der Waals surface area contributed by atoms with Crippen molar-refractivity contribution in [3.8, 4) is 0 Å². The van der Waals surface area contributed by atoms with Crippen LogP contribution < -0.4 is 15.5 Å². The van der Waals surface area contributed by atoms with E-state index in [4.69, 9.17) is 10.1 Å². The number of halogens is 1. The zero-order valence-corrected chi connectivity index (χ0v) is 22.7. The third kappa shape index (κ3) is 7.79. The second-order valence-electron chi connectivity index (χ2n) is 11.4. The van der Waals surface area contributed by atoms with Crippen LogP contribution in [0.25, 0.3) is 10.9 Å². The van der Waals surface area contributed by atoms with Gasteiger partial charge in [0, 0.05) is 38.1 Å². The third-order valence-corrected chi connectivity index (χ3v) is 8.10. The molecular formula is C29H42FN5O3. The molecule has 3 N–H and O–H groups in total. The number of carbonyl (C=O) groups excluding carboxylic acids is 1. The van der Waals surface area contributed by atoms with E-state index in [1.54, 1.807) is 0 Å².